The monoisotopic (exact) mass is 308 g/mol. The van der Waals surface area contributed by atoms with E-state index in [9.17, 15) is 13.2 Å². The number of nitrogens with one attached hydrogen (secondary N) is 1. The molecule has 1 aromatic heterocycles. The van der Waals surface area contributed by atoms with Gasteiger partial charge in [-0.3, -0.25) is 4.79 Å². The lowest BCUT2D eigenvalue weighted by Crippen LogP contribution is -2.37. The number of sulfonamides is 1. The summed E-state index contributed by atoms with van der Waals surface area (Å²) >= 11 is 0. The highest BCUT2D eigenvalue weighted by atomic mass is 32.2. The maximum Gasteiger partial charge on any atom is 0.267 e. The Morgan fingerprint density at radius 1 is 1.24 bits per heavy atom. The van der Waals surface area contributed by atoms with Crippen molar-refractivity contribution >= 4 is 26.8 Å². The fourth-order valence-electron chi connectivity index (χ4n) is 2.21. The summed E-state index contributed by atoms with van der Waals surface area (Å²) in [6, 6.07) is 5.19. The van der Waals surface area contributed by atoms with E-state index >= 15 is 0 Å². The number of benzene rings is 1. The van der Waals surface area contributed by atoms with E-state index in [-0.39, 0.29) is 0 Å². The van der Waals surface area contributed by atoms with Gasteiger partial charge in [0.25, 0.3) is 5.91 Å². The second-order valence-corrected chi connectivity index (χ2v) is 8.02. The van der Waals surface area contributed by atoms with Crippen LogP contribution in [0, 0.1) is 13.8 Å². The molecular formula is C15H20N2O3S. The third-order valence-corrected chi connectivity index (χ3v) is 5.94. The van der Waals surface area contributed by atoms with Gasteiger partial charge in [-0.15, -0.1) is 0 Å². The Hall–Kier alpha value is -1.82. The molecule has 0 aliphatic carbocycles. The predicted octanol–water partition coefficient (Wildman–Crippen LogP) is 2.59. The molecule has 2 aromatic rings. The zero-order chi connectivity index (χ0) is 15.9. The lowest BCUT2D eigenvalue weighted by Gasteiger charge is -2.20. The summed E-state index contributed by atoms with van der Waals surface area (Å²) in [6.45, 7) is 7.05. The van der Waals surface area contributed by atoms with Crippen molar-refractivity contribution in [2.45, 2.75) is 32.9 Å². The van der Waals surface area contributed by atoms with Gasteiger partial charge in [0.05, 0.1) is 5.25 Å². The lowest BCUT2D eigenvalue weighted by molar-refractivity contribution is 0.0882. The van der Waals surface area contributed by atoms with E-state index in [1.165, 1.54) is 7.05 Å². The summed E-state index contributed by atoms with van der Waals surface area (Å²) in [5.41, 5.74) is 3.42. The van der Waals surface area contributed by atoms with E-state index in [0.29, 0.717) is 5.56 Å². The van der Waals surface area contributed by atoms with Gasteiger partial charge in [0, 0.05) is 29.2 Å². The first-order valence-electron chi connectivity index (χ1n) is 6.77. The Balaban J connectivity index is 2.47. The molecule has 1 aromatic carbocycles. The molecule has 0 saturated heterocycles. The Bertz CT molecular complexity index is 804. The number of amides is 1. The summed E-state index contributed by atoms with van der Waals surface area (Å²) in [6.07, 6.45) is 0. The lowest BCUT2D eigenvalue weighted by atomic mass is 10.1. The minimum Gasteiger partial charge on any atom is -0.358 e. The van der Waals surface area contributed by atoms with Crippen LogP contribution in [0.25, 0.3) is 10.9 Å². The number of carbonyl (C=O) groups is 1. The average molecular weight is 308 g/mol. The standard InChI is InChI=1S/C15H20N2O3S/c1-9(2)21(19,20)17(5)15(18)12-6-7-14-13(8-12)10(3)11(4)16-14/h6-9,16H,1-5H3. The number of H-pyrrole nitrogens is 1. The normalized spacial score (nSPS) is 12.1. The van der Waals surface area contributed by atoms with Crippen LogP contribution in [-0.4, -0.2) is 35.9 Å². The van der Waals surface area contributed by atoms with Crippen LogP contribution in [0.15, 0.2) is 18.2 Å². The molecule has 0 bridgehead atoms. The molecule has 6 heteroatoms. The van der Waals surface area contributed by atoms with Gasteiger partial charge in [0.2, 0.25) is 10.0 Å². The van der Waals surface area contributed by atoms with Gasteiger partial charge < -0.3 is 4.98 Å². The molecule has 0 fully saturated rings. The molecule has 1 heterocycles. The second kappa shape index (κ2) is 5.18. The van der Waals surface area contributed by atoms with E-state index < -0.39 is 21.2 Å². The zero-order valence-electron chi connectivity index (χ0n) is 12.9. The number of nitrogens with zero attached hydrogens (tertiary/aromatic N) is 1. The minimum atomic E-state index is -3.61. The number of hydrogen-bond donors (Lipinski definition) is 1. The average Bonchev–Trinajstić information content (AvgIpc) is 2.72. The fourth-order valence-corrected chi connectivity index (χ4v) is 3.18. The molecule has 1 N–H and O–H groups in total. The summed E-state index contributed by atoms with van der Waals surface area (Å²) in [5.74, 6) is -0.510. The molecule has 1 amide bonds. The third-order valence-electron chi connectivity index (χ3n) is 3.82. The smallest absolute Gasteiger partial charge is 0.267 e. The van der Waals surface area contributed by atoms with Gasteiger partial charge in [-0.1, -0.05) is 0 Å². The van der Waals surface area contributed by atoms with Crippen LogP contribution in [0.5, 0.6) is 0 Å². The van der Waals surface area contributed by atoms with E-state index in [4.69, 9.17) is 0 Å². The summed E-state index contributed by atoms with van der Waals surface area (Å²) in [5, 5.41) is 0.306. The van der Waals surface area contributed by atoms with Gasteiger partial charge >= 0.3 is 0 Å². The number of carbonyl (C=O) groups excluding carboxylic acids is 1. The Morgan fingerprint density at radius 3 is 2.43 bits per heavy atom. The fraction of sp³-hybridized carbons (Fsp3) is 0.400. The quantitative estimate of drug-likeness (QED) is 0.947. The van der Waals surface area contributed by atoms with Gasteiger partial charge in [0.15, 0.2) is 0 Å². The number of aromatic nitrogens is 1. The number of fused-ring (bicyclic) bond motifs is 1. The third kappa shape index (κ3) is 2.55. The van der Waals surface area contributed by atoms with Crippen molar-refractivity contribution in [1.29, 1.82) is 0 Å². The number of aryl methyl sites for hydroxylation is 2. The number of rotatable bonds is 3. The summed E-state index contributed by atoms with van der Waals surface area (Å²) in [7, 11) is -2.30. The van der Waals surface area contributed by atoms with Crippen molar-refractivity contribution in [3.05, 3.63) is 35.0 Å². The molecule has 0 aliphatic heterocycles. The highest BCUT2D eigenvalue weighted by Gasteiger charge is 2.27. The van der Waals surface area contributed by atoms with Gasteiger partial charge in [0.1, 0.15) is 0 Å². The molecule has 5 nitrogen and oxygen atoms in total. The summed E-state index contributed by atoms with van der Waals surface area (Å²) in [4.78, 5) is 15.6. The largest absolute Gasteiger partial charge is 0.358 e. The Labute approximate surface area is 125 Å². The first kappa shape index (κ1) is 15.6. The van der Waals surface area contributed by atoms with E-state index in [1.54, 1.807) is 32.0 Å². The molecule has 0 atom stereocenters. The maximum atomic E-state index is 12.4. The summed E-state index contributed by atoms with van der Waals surface area (Å²) < 4.78 is 25.0. The van der Waals surface area contributed by atoms with Crippen LogP contribution < -0.4 is 0 Å². The van der Waals surface area contributed by atoms with Crippen LogP contribution in [-0.2, 0) is 10.0 Å². The minimum absolute atomic E-state index is 0.372. The van der Waals surface area contributed by atoms with Crippen LogP contribution in [0.3, 0.4) is 0 Å². The second-order valence-electron chi connectivity index (χ2n) is 5.50. The highest BCUT2D eigenvalue weighted by molar-refractivity contribution is 7.90. The molecule has 21 heavy (non-hydrogen) atoms. The molecule has 0 saturated carbocycles. The van der Waals surface area contributed by atoms with Crippen molar-refractivity contribution in [2.24, 2.45) is 0 Å². The SMILES string of the molecule is Cc1[nH]c2ccc(C(=O)N(C)S(=O)(=O)C(C)C)cc2c1C. The van der Waals surface area contributed by atoms with Crippen molar-refractivity contribution in [3.63, 3.8) is 0 Å². The Morgan fingerprint density at radius 2 is 1.86 bits per heavy atom. The van der Waals surface area contributed by atoms with Crippen LogP contribution in [0.4, 0.5) is 0 Å². The van der Waals surface area contributed by atoms with E-state index in [0.717, 1.165) is 26.5 Å². The van der Waals surface area contributed by atoms with Crippen molar-refractivity contribution in [2.75, 3.05) is 7.05 Å². The van der Waals surface area contributed by atoms with Crippen molar-refractivity contribution in [3.8, 4) is 0 Å². The van der Waals surface area contributed by atoms with Crippen LogP contribution in [0.2, 0.25) is 0 Å². The van der Waals surface area contributed by atoms with E-state index in [1.807, 2.05) is 13.8 Å². The molecule has 0 unspecified atom stereocenters. The molecule has 2 rings (SSSR count). The van der Waals surface area contributed by atoms with E-state index in [2.05, 4.69) is 4.98 Å². The zero-order valence-corrected chi connectivity index (χ0v) is 13.7. The molecule has 0 aliphatic rings. The van der Waals surface area contributed by atoms with Gasteiger partial charge in [-0.2, -0.15) is 0 Å². The topological polar surface area (TPSA) is 70.2 Å². The van der Waals surface area contributed by atoms with Crippen LogP contribution >= 0.6 is 0 Å². The number of hydrogen-bond acceptors (Lipinski definition) is 3. The molecule has 0 radical (unpaired) electrons. The Kier molecular flexibility index (Phi) is 3.84. The van der Waals surface area contributed by atoms with Crippen molar-refractivity contribution < 1.29 is 13.2 Å². The first-order valence-corrected chi connectivity index (χ1v) is 8.27. The first-order chi connectivity index (χ1) is 9.66. The van der Waals surface area contributed by atoms with Gasteiger partial charge in [-0.25, -0.2) is 12.7 Å². The molecular weight excluding hydrogens is 288 g/mol. The highest BCUT2D eigenvalue weighted by Crippen LogP contribution is 2.23. The molecule has 0 spiro atoms. The van der Waals surface area contributed by atoms with Crippen molar-refractivity contribution in [1.82, 2.24) is 9.29 Å². The predicted molar refractivity (Wildman–Crippen MR) is 83.9 cm³/mol. The maximum absolute atomic E-state index is 12.4. The number of aromatic amines is 1. The van der Waals surface area contributed by atoms with Crippen LogP contribution in [0.1, 0.15) is 35.5 Å². The molecule has 114 valence electrons. The van der Waals surface area contributed by atoms with Gasteiger partial charge in [-0.05, 0) is 51.5 Å².